The number of hydrogen-bond acceptors (Lipinski definition) is 5. The number of rotatable bonds is 10. The summed E-state index contributed by atoms with van der Waals surface area (Å²) in [7, 11) is 3.52. The van der Waals surface area contributed by atoms with Gasteiger partial charge in [-0.15, -0.1) is 24.0 Å². The molecule has 1 unspecified atom stereocenters. The molecule has 1 aromatic heterocycles. The Balaban J connectivity index is 0.00000341. The number of methoxy groups -OCH3 is 1. The van der Waals surface area contributed by atoms with E-state index >= 15 is 0 Å². The molecule has 2 heterocycles. The van der Waals surface area contributed by atoms with Gasteiger partial charge >= 0.3 is 0 Å². The minimum atomic E-state index is 0. The van der Waals surface area contributed by atoms with Crippen LogP contribution >= 0.6 is 24.0 Å². The lowest BCUT2D eigenvalue weighted by atomic mass is 10.1. The van der Waals surface area contributed by atoms with Crippen molar-refractivity contribution in [3.8, 4) is 5.88 Å². The van der Waals surface area contributed by atoms with E-state index in [1.807, 2.05) is 49.5 Å². The fourth-order valence-electron chi connectivity index (χ4n) is 3.44. The van der Waals surface area contributed by atoms with Gasteiger partial charge in [-0.2, -0.15) is 0 Å². The Morgan fingerprint density at radius 1 is 1.19 bits per heavy atom. The summed E-state index contributed by atoms with van der Waals surface area (Å²) in [6, 6.07) is 14.1. The Hall–Kier alpha value is -1.91. The second-order valence-electron chi connectivity index (χ2n) is 7.35. The van der Waals surface area contributed by atoms with E-state index in [4.69, 9.17) is 14.2 Å². The van der Waals surface area contributed by atoms with E-state index in [0.717, 1.165) is 43.2 Å². The maximum atomic E-state index is 5.83. The first-order valence-electron chi connectivity index (χ1n) is 10.4. The number of hydrogen-bond donors (Lipinski definition) is 1. The van der Waals surface area contributed by atoms with E-state index in [1.165, 1.54) is 0 Å². The summed E-state index contributed by atoms with van der Waals surface area (Å²) in [5, 5.41) is 3.46. The smallest absolute Gasteiger partial charge is 0.213 e. The van der Waals surface area contributed by atoms with Crippen LogP contribution in [0.4, 0.5) is 0 Å². The molecule has 0 bridgehead atoms. The predicted octanol–water partition coefficient (Wildman–Crippen LogP) is 3.34. The zero-order chi connectivity index (χ0) is 21.0. The Kier molecular flexibility index (Phi) is 11.6. The van der Waals surface area contributed by atoms with E-state index < -0.39 is 0 Å². The summed E-state index contributed by atoms with van der Waals surface area (Å²) in [6.07, 6.45) is 2.89. The SMILES string of the molecule is CN=C(NCc1ccnc(OCc2ccccc2)c1)N1CCC(COCCOC)C1.I. The molecule has 7 nitrogen and oxygen atoms in total. The molecule has 170 valence electrons. The van der Waals surface area contributed by atoms with Gasteiger partial charge in [0.1, 0.15) is 6.61 Å². The monoisotopic (exact) mass is 540 g/mol. The highest BCUT2D eigenvalue weighted by molar-refractivity contribution is 14.0. The number of nitrogens with one attached hydrogen (secondary N) is 1. The van der Waals surface area contributed by atoms with Gasteiger partial charge in [0.2, 0.25) is 5.88 Å². The normalized spacial score (nSPS) is 16.1. The van der Waals surface area contributed by atoms with Crippen LogP contribution in [-0.4, -0.2) is 62.9 Å². The number of guanidine groups is 1. The lowest BCUT2D eigenvalue weighted by molar-refractivity contribution is 0.0536. The summed E-state index contributed by atoms with van der Waals surface area (Å²) in [6.45, 7) is 5.17. The molecular formula is C23H33IN4O3. The van der Waals surface area contributed by atoms with Crippen molar-refractivity contribution in [2.75, 3.05) is 47.1 Å². The Bertz CT molecular complexity index is 791. The molecule has 0 amide bonds. The maximum absolute atomic E-state index is 5.83. The number of likely N-dealkylation sites (tertiary alicyclic amines) is 1. The highest BCUT2D eigenvalue weighted by Crippen LogP contribution is 2.17. The molecule has 1 aliphatic rings. The first kappa shape index (κ1) is 25.4. The van der Waals surface area contributed by atoms with Crippen molar-refractivity contribution in [2.24, 2.45) is 10.9 Å². The van der Waals surface area contributed by atoms with Gasteiger partial charge in [-0.1, -0.05) is 30.3 Å². The first-order valence-corrected chi connectivity index (χ1v) is 10.4. The third-order valence-corrected chi connectivity index (χ3v) is 5.06. The molecule has 1 aliphatic heterocycles. The number of pyridine rings is 1. The van der Waals surface area contributed by atoms with Crippen molar-refractivity contribution in [1.82, 2.24) is 15.2 Å². The zero-order valence-corrected chi connectivity index (χ0v) is 20.7. The van der Waals surface area contributed by atoms with Crippen LogP contribution in [0.2, 0.25) is 0 Å². The summed E-state index contributed by atoms with van der Waals surface area (Å²) < 4.78 is 16.5. The maximum Gasteiger partial charge on any atom is 0.213 e. The average molecular weight is 540 g/mol. The lowest BCUT2D eigenvalue weighted by Crippen LogP contribution is -2.39. The van der Waals surface area contributed by atoms with Gasteiger partial charge in [0.15, 0.2) is 5.96 Å². The van der Waals surface area contributed by atoms with Crippen molar-refractivity contribution in [2.45, 2.75) is 19.6 Å². The van der Waals surface area contributed by atoms with E-state index in [0.29, 0.717) is 38.2 Å². The molecular weight excluding hydrogens is 507 g/mol. The molecule has 1 aromatic carbocycles. The van der Waals surface area contributed by atoms with Crippen molar-refractivity contribution >= 4 is 29.9 Å². The van der Waals surface area contributed by atoms with Crippen LogP contribution in [-0.2, 0) is 22.6 Å². The molecule has 0 aliphatic carbocycles. The van der Waals surface area contributed by atoms with E-state index in [9.17, 15) is 0 Å². The minimum absolute atomic E-state index is 0. The second-order valence-corrected chi connectivity index (χ2v) is 7.35. The van der Waals surface area contributed by atoms with Gasteiger partial charge < -0.3 is 24.4 Å². The van der Waals surface area contributed by atoms with Gasteiger partial charge in [-0.25, -0.2) is 4.98 Å². The van der Waals surface area contributed by atoms with Gasteiger partial charge in [0.25, 0.3) is 0 Å². The zero-order valence-electron chi connectivity index (χ0n) is 18.3. The van der Waals surface area contributed by atoms with Gasteiger partial charge in [0.05, 0.1) is 19.8 Å². The van der Waals surface area contributed by atoms with Gasteiger partial charge in [0, 0.05) is 52.0 Å². The third kappa shape index (κ3) is 8.62. The fraction of sp³-hybridized carbons (Fsp3) is 0.478. The van der Waals surface area contributed by atoms with Crippen molar-refractivity contribution in [3.63, 3.8) is 0 Å². The Labute approximate surface area is 202 Å². The van der Waals surface area contributed by atoms with Crippen molar-refractivity contribution < 1.29 is 14.2 Å². The van der Waals surface area contributed by atoms with Crippen LogP contribution in [0.1, 0.15) is 17.5 Å². The minimum Gasteiger partial charge on any atom is -0.473 e. The number of benzene rings is 1. The van der Waals surface area contributed by atoms with E-state index in [-0.39, 0.29) is 24.0 Å². The highest BCUT2D eigenvalue weighted by Gasteiger charge is 2.24. The van der Waals surface area contributed by atoms with Crippen molar-refractivity contribution in [3.05, 3.63) is 59.8 Å². The summed E-state index contributed by atoms with van der Waals surface area (Å²) in [4.78, 5) is 11.1. The van der Waals surface area contributed by atoms with Gasteiger partial charge in [-0.05, 0) is 23.6 Å². The molecule has 1 saturated heterocycles. The van der Waals surface area contributed by atoms with Crippen LogP contribution in [0.3, 0.4) is 0 Å². The van der Waals surface area contributed by atoms with E-state index in [2.05, 4.69) is 20.2 Å². The molecule has 0 spiro atoms. The highest BCUT2D eigenvalue weighted by atomic mass is 127. The standard InChI is InChI=1S/C23H32N4O3.HI/c1-24-23(27-11-9-21(16-27)17-29-13-12-28-2)26-15-20-8-10-25-22(14-20)30-18-19-6-4-3-5-7-19;/h3-8,10,14,21H,9,11-13,15-18H2,1-2H3,(H,24,26);1H. The number of halogens is 1. The molecule has 31 heavy (non-hydrogen) atoms. The largest absolute Gasteiger partial charge is 0.473 e. The molecule has 1 fully saturated rings. The summed E-state index contributed by atoms with van der Waals surface area (Å²) in [5.41, 5.74) is 2.23. The predicted molar refractivity (Wildman–Crippen MR) is 133 cm³/mol. The topological polar surface area (TPSA) is 68.2 Å². The summed E-state index contributed by atoms with van der Waals surface area (Å²) >= 11 is 0. The molecule has 0 saturated carbocycles. The van der Waals surface area contributed by atoms with E-state index in [1.54, 1.807) is 13.3 Å². The molecule has 8 heteroatoms. The molecule has 2 aromatic rings. The van der Waals surface area contributed by atoms with Crippen LogP contribution in [0.5, 0.6) is 5.88 Å². The molecule has 3 rings (SSSR count). The Morgan fingerprint density at radius 2 is 2.03 bits per heavy atom. The molecule has 0 radical (unpaired) electrons. The van der Waals surface area contributed by atoms with Crippen LogP contribution in [0, 0.1) is 5.92 Å². The Morgan fingerprint density at radius 3 is 2.81 bits per heavy atom. The number of ether oxygens (including phenoxy) is 3. The average Bonchev–Trinajstić information content (AvgIpc) is 3.25. The number of nitrogens with zero attached hydrogens (tertiary/aromatic N) is 3. The van der Waals surface area contributed by atoms with Gasteiger partial charge in [-0.3, -0.25) is 4.99 Å². The molecule has 1 atom stereocenters. The van der Waals surface area contributed by atoms with Crippen LogP contribution in [0.15, 0.2) is 53.7 Å². The van der Waals surface area contributed by atoms with Crippen LogP contribution in [0.25, 0.3) is 0 Å². The van der Waals surface area contributed by atoms with Crippen molar-refractivity contribution in [1.29, 1.82) is 0 Å². The lowest BCUT2D eigenvalue weighted by Gasteiger charge is -2.22. The second kappa shape index (κ2) is 14.2. The van der Waals surface area contributed by atoms with Crippen LogP contribution < -0.4 is 10.1 Å². The fourth-order valence-corrected chi connectivity index (χ4v) is 3.44. The summed E-state index contributed by atoms with van der Waals surface area (Å²) in [5.74, 6) is 2.07. The first-order chi connectivity index (χ1) is 14.8. The number of aromatic nitrogens is 1. The quantitative estimate of drug-likeness (QED) is 0.216. The number of aliphatic imine (C=N–C) groups is 1. The third-order valence-electron chi connectivity index (χ3n) is 5.06. The molecule has 1 N–H and O–H groups in total.